The molecule has 1 aliphatic rings. The van der Waals surface area contributed by atoms with Crippen LogP contribution in [0.15, 0.2) is 30.5 Å². The first kappa shape index (κ1) is 14.7. The Hall–Kier alpha value is -1.68. The highest BCUT2D eigenvalue weighted by Gasteiger charge is 2.15. The standard InChI is InChI=1S/C16H22N2O2/c19-12-13-8-5-3-1-2-4-6-10-15-14(16(20)18-13)9-7-11-17-15/h3,5,7,9,11,13,19H,1-2,4,6,8,10,12H2,(H,18,20)/b5-3-/t13-/m0/s1. The van der Waals surface area contributed by atoms with E-state index in [0.29, 0.717) is 12.0 Å². The molecule has 1 aromatic rings. The van der Waals surface area contributed by atoms with Crippen molar-refractivity contribution in [3.8, 4) is 0 Å². The number of hydrogen-bond acceptors (Lipinski definition) is 3. The molecule has 0 aromatic carbocycles. The lowest BCUT2D eigenvalue weighted by molar-refractivity contribution is 0.0916. The van der Waals surface area contributed by atoms with E-state index in [-0.39, 0.29) is 18.6 Å². The van der Waals surface area contributed by atoms with Crippen LogP contribution in [0.4, 0.5) is 0 Å². The predicted octanol–water partition coefficient (Wildman–Crippen LogP) is 2.24. The van der Waals surface area contributed by atoms with Gasteiger partial charge in [0, 0.05) is 6.20 Å². The fourth-order valence-corrected chi connectivity index (χ4v) is 2.40. The summed E-state index contributed by atoms with van der Waals surface area (Å²) in [5.41, 5.74) is 1.49. The van der Waals surface area contributed by atoms with Gasteiger partial charge in [0.15, 0.2) is 0 Å². The smallest absolute Gasteiger partial charge is 0.253 e. The van der Waals surface area contributed by atoms with E-state index in [1.165, 1.54) is 0 Å². The highest BCUT2D eigenvalue weighted by molar-refractivity contribution is 5.95. The first-order chi connectivity index (χ1) is 9.81. The number of allylic oxidation sites excluding steroid dienone is 1. The number of carbonyl (C=O) groups is 1. The van der Waals surface area contributed by atoms with E-state index >= 15 is 0 Å². The molecular formula is C16H22N2O2. The van der Waals surface area contributed by atoms with Crippen LogP contribution in [0.1, 0.15) is 48.2 Å². The van der Waals surface area contributed by atoms with Gasteiger partial charge in [-0.3, -0.25) is 9.78 Å². The van der Waals surface area contributed by atoms with E-state index < -0.39 is 0 Å². The Kier molecular flexibility index (Phi) is 5.74. The maximum atomic E-state index is 12.3. The van der Waals surface area contributed by atoms with E-state index in [2.05, 4.69) is 16.4 Å². The summed E-state index contributed by atoms with van der Waals surface area (Å²) in [5.74, 6) is -0.139. The van der Waals surface area contributed by atoms with Gasteiger partial charge < -0.3 is 10.4 Å². The molecule has 4 nitrogen and oxygen atoms in total. The second kappa shape index (κ2) is 7.80. The number of aromatic nitrogens is 1. The summed E-state index contributed by atoms with van der Waals surface area (Å²) >= 11 is 0. The molecular weight excluding hydrogens is 252 g/mol. The minimum atomic E-state index is -0.229. The fraction of sp³-hybridized carbons (Fsp3) is 0.500. The minimum Gasteiger partial charge on any atom is -0.394 e. The minimum absolute atomic E-state index is 0.0499. The Bertz CT molecular complexity index is 471. The van der Waals surface area contributed by atoms with E-state index in [0.717, 1.165) is 37.8 Å². The summed E-state index contributed by atoms with van der Waals surface area (Å²) in [6, 6.07) is 3.36. The molecule has 2 rings (SSSR count). The number of aryl methyl sites for hydroxylation is 1. The number of aliphatic hydroxyl groups is 1. The van der Waals surface area contributed by atoms with Gasteiger partial charge in [-0.2, -0.15) is 0 Å². The predicted molar refractivity (Wildman–Crippen MR) is 78.5 cm³/mol. The van der Waals surface area contributed by atoms with Crippen molar-refractivity contribution in [2.75, 3.05) is 6.61 Å². The highest BCUT2D eigenvalue weighted by atomic mass is 16.3. The summed E-state index contributed by atoms with van der Waals surface area (Å²) < 4.78 is 0. The average Bonchev–Trinajstić information content (AvgIpc) is 2.49. The Balaban J connectivity index is 2.18. The summed E-state index contributed by atoms with van der Waals surface area (Å²) in [4.78, 5) is 16.6. The van der Waals surface area contributed by atoms with Crippen LogP contribution in [-0.2, 0) is 6.42 Å². The first-order valence-corrected chi connectivity index (χ1v) is 7.32. The van der Waals surface area contributed by atoms with Crippen LogP contribution in [-0.4, -0.2) is 28.6 Å². The van der Waals surface area contributed by atoms with Gasteiger partial charge in [0.2, 0.25) is 0 Å². The number of aliphatic hydroxyl groups excluding tert-OH is 1. The molecule has 4 heteroatoms. The SMILES string of the molecule is O=C1N[C@H](CO)C/C=C\CCCCCc2ncccc21. The molecule has 0 aliphatic carbocycles. The summed E-state index contributed by atoms with van der Waals surface area (Å²) in [6.45, 7) is -0.0499. The maximum absolute atomic E-state index is 12.3. The van der Waals surface area contributed by atoms with Crippen LogP contribution >= 0.6 is 0 Å². The normalized spacial score (nSPS) is 22.6. The quantitative estimate of drug-likeness (QED) is 0.772. The molecule has 2 N–H and O–H groups in total. The molecule has 108 valence electrons. The van der Waals surface area contributed by atoms with Crippen molar-refractivity contribution in [2.45, 2.75) is 44.6 Å². The summed E-state index contributed by atoms with van der Waals surface area (Å²) in [6.07, 6.45) is 11.8. The Labute approximate surface area is 119 Å². The largest absolute Gasteiger partial charge is 0.394 e. The van der Waals surface area contributed by atoms with Crippen molar-refractivity contribution in [3.05, 3.63) is 41.7 Å². The van der Waals surface area contributed by atoms with E-state index in [1.54, 1.807) is 12.3 Å². The highest BCUT2D eigenvalue weighted by Crippen LogP contribution is 2.12. The van der Waals surface area contributed by atoms with E-state index in [1.807, 2.05) is 12.1 Å². The molecule has 0 unspecified atom stereocenters. The molecule has 0 saturated heterocycles. The Morgan fingerprint density at radius 2 is 2.20 bits per heavy atom. The third-order valence-electron chi connectivity index (χ3n) is 3.56. The number of fused-ring (bicyclic) bond motifs is 1. The third-order valence-corrected chi connectivity index (χ3v) is 3.56. The van der Waals surface area contributed by atoms with Crippen molar-refractivity contribution in [3.63, 3.8) is 0 Å². The molecule has 2 heterocycles. The van der Waals surface area contributed by atoms with Crippen LogP contribution in [0.25, 0.3) is 0 Å². The second-order valence-electron chi connectivity index (χ2n) is 5.16. The molecule has 1 aromatic heterocycles. The number of amides is 1. The molecule has 0 bridgehead atoms. The number of nitrogens with zero attached hydrogens (tertiary/aromatic N) is 1. The van der Waals surface area contributed by atoms with Crippen molar-refractivity contribution in [1.29, 1.82) is 0 Å². The van der Waals surface area contributed by atoms with E-state index in [4.69, 9.17) is 0 Å². The first-order valence-electron chi connectivity index (χ1n) is 7.32. The monoisotopic (exact) mass is 274 g/mol. The average molecular weight is 274 g/mol. The van der Waals surface area contributed by atoms with Gasteiger partial charge in [0.05, 0.1) is 23.9 Å². The molecule has 0 saturated carbocycles. The fourth-order valence-electron chi connectivity index (χ4n) is 2.40. The van der Waals surface area contributed by atoms with Crippen LogP contribution < -0.4 is 5.32 Å². The van der Waals surface area contributed by atoms with Crippen molar-refractivity contribution >= 4 is 5.91 Å². The van der Waals surface area contributed by atoms with Crippen molar-refractivity contribution in [2.24, 2.45) is 0 Å². The van der Waals surface area contributed by atoms with Gasteiger partial charge in [0.25, 0.3) is 5.91 Å². The number of hydrogen-bond donors (Lipinski definition) is 2. The molecule has 0 radical (unpaired) electrons. The number of pyridine rings is 1. The van der Waals surface area contributed by atoms with Crippen LogP contribution in [0.5, 0.6) is 0 Å². The zero-order valence-electron chi connectivity index (χ0n) is 11.7. The molecule has 0 fully saturated rings. The van der Waals surface area contributed by atoms with Gasteiger partial charge in [0.1, 0.15) is 0 Å². The molecule has 1 aliphatic heterocycles. The van der Waals surface area contributed by atoms with E-state index in [9.17, 15) is 9.90 Å². The van der Waals surface area contributed by atoms with Crippen molar-refractivity contribution in [1.82, 2.24) is 10.3 Å². The Morgan fingerprint density at radius 1 is 1.30 bits per heavy atom. The maximum Gasteiger partial charge on any atom is 0.253 e. The molecule has 20 heavy (non-hydrogen) atoms. The second-order valence-corrected chi connectivity index (χ2v) is 5.16. The van der Waals surface area contributed by atoms with Gasteiger partial charge in [-0.15, -0.1) is 0 Å². The zero-order valence-corrected chi connectivity index (χ0v) is 11.7. The van der Waals surface area contributed by atoms with Gasteiger partial charge >= 0.3 is 0 Å². The van der Waals surface area contributed by atoms with Crippen molar-refractivity contribution < 1.29 is 9.90 Å². The lowest BCUT2D eigenvalue weighted by Gasteiger charge is -2.15. The third kappa shape index (κ3) is 4.17. The van der Waals surface area contributed by atoms with Gasteiger partial charge in [-0.1, -0.05) is 18.6 Å². The molecule has 1 atom stereocenters. The van der Waals surface area contributed by atoms with Crippen LogP contribution in [0.2, 0.25) is 0 Å². The number of nitrogens with one attached hydrogen (secondary N) is 1. The van der Waals surface area contributed by atoms with Crippen LogP contribution in [0.3, 0.4) is 0 Å². The van der Waals surface area contributed by atoms with Gasteiger partial charge in [-0.25, -0.2) is 0 Å². The molecule has 0 spiro atoms. The van der Waals surface area contributed by atoms with Gasteiger partial charge in [-0.05, 0) is 44.2 Å². The number of carbonyl (C=O) groups excluding carboxylic acids is 1. The lowest BCUT2D eigenvalue weighted by Crippen LogP contribution is -2.37. The zero-order chi connectivity index (χ0) is 14.2. The Morgan fingerprint density at radius 3 is 3.05 bits per heavy atom. The summed E-state index contributed by atoms with van der Waals surface area (Å²) in [7, 11) is 0. The topological polar surface area (TPSA) is 62.2 Å². The summed E-state index contributed by atoms with van der Waals surface area (Å²) in [5, 5.41) is 12.2. The lowest BCUT2D eigenvalue weighted by atomic mass is 10.1. The number of rotatable bonds is 1. The molecule has 1 amide bonds. The van der Waals surface area contributed by atoms with Crippen LogP contribution in [0, 0.1) is 0 Å².